The number of aliphatic imine (C=N–C) groups is 1. The van der Waals surface area contributed by atoms with Crippen LogP contribution in [0.25, 0.3) is 4.85 Å². The number of piperazine rings is 1. The molecule has 36 heavy (non-hydrogen) atoms. The standard InChI is InChI=1S/C27H30F3N5O/c1-5-20-16-35(26-25-18(14-24(36)33-26)10-13-23(31-4)32-25)21(6-2)15-34(20)22(7-3)17-8-11-19(12-9-17)27(28,29)30/h8-13,20-22H,5-7,14-16H2,1-3H3/t20-,21+,22?/m1/s1. The Kier molecular flexibility index (Phi) is 7.46. The van der Waals surface area contributed by atoms with Crippen molar-refractivity contribution in [2.75, 3.05) is 13.1 Å². The van der Waals surface area contributed by atoms with Gasteiger partial charge in [-0.15, -0.1) is 4.98 Å². The van der Waals surface area contributed by atoms with Crippen LogP contribution in [0.3, 0.4) is 0 Å². The molecule has 3 atom stereocenters. The summed E-state index contributed by atoms with van der Waals surface area (Å²) in [6.07, 6.45) is -1.81. The summed E-state index contributed by atoms with van der Waals surface area (Å²) in [5.74, 6) is 0.568. The maximum Gasteiger partial charge on any atom is 0.416 e. The molecule has 9 heteroatoms. The fourth-order valence-corrected chi connectivity index (χ4v) is 5.33. The van der Waals surface area contributed by atoms with Gasteiger partial charge in [0.2, 0.25) is 5.69 Å². The molecule has 1 fully saturated rings. The number of nitrogens with zero attached hydrogens (tertiary/aromatic N) is 5. The van der Waals surface area contributed by atoms with Gasteiger partial charge in [0.15, 0.2) is 5.84 Å². The number of fused-ring (bicyclic) bond motifs is 1. The highest BCUT2D eigenvalue weighted by molar-refractivity contribution is 6.08. The summed E-state index contributed by atoms with van der Waals surface area (Å²) in [6.45, 7) is 14.9. The largest absolute Gasteiger partial charge is 0.416 e. The number of aromatic nitrogens is 1. The van der Waals surface area contributed by atoms with Gasteiger partial charge in [-0.3, -0.25) is 9.69 Å². The van der Waals surface area contributed by atoms with Crippen LogP contribution in [0, 0.1) is 6.57 Å². The third kappa shape index (κ3) is 5.00. The number of pyridine rings is 1. The molecule has 0 aliphatic carbocycles. The van der Waals surface area contributed by atoms with Gasteiger partial charge in [-0.25, -0.2) is 0 Å². The number of halogens is 3. The van der Waals surface area contributed by atoms with Crippen molar-refractivity contribution in [3.8, 4) is 0 Å². The van der Waals surface area contributed by atoms with Gasteiger partial charge in [-0.05, 0) is 43.0 Å². The molecular weight excluding hydrogens is 467 g/mol. The number of amidine groups is 1. The van der Waals surface area contributed by atoms with Crippen LogP contribution in [0.15, 0.2) is 41.4 Å². The minimum atomic E-state index is -4.36. The van der Waals surface area contributed by atoms with Crippen molar-refractivity contribution in [3.05, 3.63) is 70.2 Å². The van der Waals surface area contributed by atoms with Crippen LogP contribution >= 0.6 is 0 Å². The molecule has 1 saturated heterocycles. The molecule has 4 rings (SSSR count). The molecular formula is C27H30F3N5O. The van der Waals surface area contributed by atoms with Gasteiger partial charge in [0.25, 0.3) is 11.7 Å². The van der Waals surface area contributed by atoms with E-state index < -0.39 is 11.7 Å². The highest BCUT2D eigenvalue weighted by Gasteiger charge is 2.40. The van der Waals surface area contributed by atoms with E-state index in [0.29, 0.717) is 24.6 Å². The van der Waals surface area contributed by atoms with Gasteiger partial charge >= 0.3 is 6.18 Å². The second-order valence-electron chi connectivity index (χ2n) is 9.31. The summed E-state index contributed by atoms with van der Waals surface area (Å²) in [4.78, 5) is 29.4. The number of carbonyl (C=O) groups is 1. The number of benzene rings is 1. The maximum atomic E-state index is 13.1. The molecule has 0 bridgehead atoms. The molecule has 1 aromatic carbocycles. The molecule has 2 aliphatic rings. The summed E-state index contributed by atoms with van der Waals surface area (Å²) in [5, 5.41) is 0. The fourth-order valence-electron chi connectivity index (χ4n) is 5.33. The van der Waals surface area contributed by atoms with E-state index in [9.17, 15) is 18.0 Å². The SMILES string of the molecule is [C-]#[N+]c1ccc2c(n1)C(N1C[C@@H](CC)N(C(CC)c3ccc(C(F)(F)F)cc3)C[C@@H]1CC)=NC(=O)C2. The lowest BCUT2D eigenvalue weighted by atomic mass is 9.93. The van der Waals surface area contributed by atoms with E-state index in [1.807, 2.05) is 0 Å². The van der Waals surface area contributed by atoms with Crippen LogP contribution in [0.2, 0.25) is 0 Å². The summed E-state index contributed by atoms with van der Waals surface area (Å²) in [6, 6.07) is 9.02. The van der Waals surface area contributed by atoms with Gasteiger partial charge in [0, 0.05) is 36.8 Å². The van der Waals surface area contributed by atoms with Gasteiger partial charge in [0.1, 0.15) is 0 Å². The van der Waals surface area contributed by atoms with Crippen molar-refractivity contribution >= 4 is 17.6 Å². The molecule has 1 unspecified atom stereocenters. The Morgan fingerprint density at radius 2 is 1.75 bits per heavy atom. The predicted molar refractivity (Wildman–Crippen MR) is 132 cm³/mol. The molecule has 1 amide bonds. The van der Waals surface area contributed by atoms with Gasteiger partial charge < -0.3 is 9.74 Å². The smallest absolute Gasteiger partial charge is 0.361 e. The first-order valence-corrected chi connectivity index (χ1v) is 12.4. The number of alkyl halides is 3. The minimum Gasteiger partial charge on any atom is -0.361 e. The molecule has 0 spiro atoms. The van der Waals surface area contributed by atoms with Crippen LogP contribution in [-0.4, -0.2) is 51.7 Å². The molecule has 0 radical (unpaired) electrons. The Labute approximate surface area is 209 Å². The molecule has 2 aromatic rings. The van der Waals surface area contributed by atoms with Crippen LogP contribution in [0.4, 0.5) is 19.0 Å². The minimum absolute atomic E-state index is 0.0255. The maximum absolute atomic E-state index is 13.1. The number of rotatable bonds is 5. The molecule has 0 N–H and O–H groups in total. The van der Waals surface area contributed by atoms with Crippen LogP contribution in [0.5, 0.6) is 0 Å². The number of hydrogen-bond acceptors (Lipinski definition) is 4. The molecule has 6 nitrogen and oxygen atoms in total. The van der Waals surface area contributed by atoms with Gasteiger partial charge in [-0.2, -0.15) is 18.2 Å². The van der Waals surface area contributed by atoms with Crippen molar-refractivity contribution in [2.45, 2.75) is 70.8 Å². The van der Waals surface area contributed by atoms with E-state index in [4.69, 9.17) is 6.57 Å². The van der Waals surface area contributed by atoms with E-state index in [0.717, 1.165) is 42.5 Å². The second kappa shape index (κ2) is 10.4. The Hall–Kier alpha value is -3.25. The average Bonchev–Trinajstić information content (AvgIpc) is 2.87. The van der Waals surface area contributed by atoms with Crippen molar-refractivity contribution in [3.63, 3.8) is 0 Å². The fraction of sp³-hybridized carbons (Fsp3) is 0.481. The average molecular weight is 498 g/mol. The Morgan fingerprint density at radius 1 is 1.06 bits per heavy atom. The van der Waals surface area contributed by atoms with E-state index in [1.165, 1.54) is 0 Å². The summed E-state index contributed by atoms with van der Waals surface area (Å²) < 4.78 is 39.3. The molecule has 3 heterocycles. The van der Waals surface area contributed by atoms with Crippen LogP contribution in [0.1, 0.15) is 68.5 Å². The first-order chi connectivity index (χ1) is 17.2. The third-order valence-electron chi connectivity index (χ3n) is 7.23. The Morgan fingerprint density at radius 3 is 2.33 bits per heavy atom. The zero-order valence-corrected chi connectivity index (χ0v) is 20.7. The van der Waals surface area contributed by atoms with Crippen LogP contribution in [-0.2, 0) is 17.4 Å². The lowest BCUT2D eigenvalue weighted by molar-refractivity contribution is -0.137. The van der Waals surface area contributed by atoms with Crippen molar-refractivity contribution in [2.24, 2.45) is 4.99 Å². The Bertz CT molecular complexity index is 1190. The first kappa shape index (κ1) is 25.8. The van der Waals surface area contributed by atoms with E-state index in [-0.39, 0.29) is 36.3 Å². The molecule has 0 saturated carbocycles. The van der Waals surface area contributed by atoms with Crippen LogP contribution < -0.4 is 0 Å². The predicted octanol–water partition coefficient (Wildman–Crippen LogP) is 5.81. The van der Waals surface area contributed by atoms with E-state index in [1.54, 1.807) is 24.3 Å². The number of hydrogen-bond donors (Lipinski definition) is 0. The number of amides is 1. The highest BCUT2D eigenvalue weighted by Crippen LogP contribution is 2.35. The molecule has 1 aromatic heterocycles. The summed E-state index contributed by atoms with van der Waals surface area (Å²) in [7, 11) is 0. The quantitative estimate of drug-likeness (QED) is 0.490. The third-order valence-corrected chi connectivity index (χ3v) is 7.23. The van der Waals surface area contributed by atoms with Crippen molar-refractivity contribution in [1.29, 1.82) is 0 Å². The monoisotopic (exact) mass is 497 g/mol. The topological polar surface area (TPSA) is 53.2 Å². The Balaban J connectivity index is 1.66. The zero-order valence-electron chi connectivity index (χ0n) is 20.7. The second-order valence-corrected chi connectivity index (χ2v) is 9.31. The molecule has 2 aliphatic heterocycles. The van der Waals surface area contributed by atoms with Gasteiger partial charge in [-0.1, -0.05) is 45.5 Å². The molecule has 190 valence electrons. The van der Waals surface area contributed by atoms with Crippen molar-refractivity contribution < 1.29 is 18.0 Å². The normalized spacial score (nSPS) is 21.5. The van der Waals surface area contributed by atoms with E-state index in [2.05, 4.69) is 45.4 Å². The lowest BCUT2D eigenvalue weighted by Gasteiger charge is -2.50. The zero-order chi connectivity index (χ0) is 26.0. The highest BCUT2D eigenvalue weighted by atomic mass is 19.4. The first-order valence-electron chi connectivity index (χ1n) is 12.4. The summed E-state index contributed by atoms with van der Waals surface area (Å²) >= 11 is 0. The number of carbonyl (C=O) groups excluding carboxylic acids is 1. The van der Waals surface area contributed by atoms with Gasteiger partial charge in [0.05, 0.1) is 12.0 Å². The van der Waals surface area contributed by atoms with E-state index >= 15 is 0 Å². The summed E-state index contributed by atoms with van der Waals surface area (Å²) in [5.41, 5.74) is 1.60. The lowest BCUT2D eigenvalue weighted by Crippen LogP contribution is -2.60. The van der Waals surface area contributed by atoms with Crippen molar-refractivity contribution in [1.82, 2.24) is 14.8 Å².